The molecule has 0 saturated carbocycles. The summed E-state index contributed by atoms with van der Waals surface area (Å²) in [5.41, 5.74) is -0.707. The highest BCUT2D eigenvalue weighted by molar-refractivity contribution is 6.30. The monoisotopic (exact) mass is 312 g/mol. The van der Waals surface area contributed by atoms with Crippen molar-refractivity contribution in [2.75, 3.05) is 33.4 Å². The van der Waals surface area contributed by atoms with Crippen LogP contribution in [0.5, 0.6) is 5.75 Å². The highest BCUT2D eigenvalue weighted by atomic mass is 35.5. The number of nitrogens with one attached hydrogen (secondary N) is 2. The van der Waals surface area contributed by atoms with Gasteiger partial charge in [0, 0.05) is 12.1 Å². The van der Waals surface area contributed by atoms with Crippen molar-refractivity contribution in [1.29, 1.82) is 0 Å². The van der Waals surface area contributed by atoms with E-state index < -0.39 is 5.60 Å². The van der Waals surface area contributed by atoms with Gasteiger partial charge in [-0.15, -0.1) is 0 Å². The Labute approximate surface area is 130 Å². The van der Waals surface area contributed by atoms with Crippen LogP contribution in [-0.4, -0.2) is 44.9 Å². The van der Waals surface area contributed by atoms with Gasteiger partial charge in [-0.2, -0.15) is 0 Å². The van der Waals surface area contributed by atoms with Gasteiger partial charge in [-0.3, -0.25) is 4.79 Å². The fraction of sp³-hybridized carbons (Fsp3) is 0.533. The van der Waals surface area contributed by atoms with E-state index in [1.165, 1.54) is 0 Å². The topological polar surface area (TPSA) is 59.6 Å². The molecule has 0 bridgehead atoms. The summed E-state index contributed by atoms with van der Waals surface area (Å²) >= 11 is 5.87. The van der Waals surface area contributed by atoms with Crippen molar-refractivity contribution in [2.24, 2.45) is 0 Å². The quantitative estimate of drug-likeness (QED) is 0.783. The molecule has 0 radical (unpaired) electrons. The molecule has 6 heteroatoms. The van der Waals surface area contributed by atoms with Gasteiger partial charge in [-0.1, -0.05) is 17.7 Å². The van der Waals surface area contributed by atoms with Crippen molar-refractivity contribution in [3.05, 3.63) is 29.3 Å². The van der Waals surface area contributed by atoms with Gasteiger partial charge < -0.3 is 20.1 Å². The Hall–Kier alpha value is -1.30. The van der Waals surface area contributed by atoms with Gasteiger partial charge >= 0.3 is 0 Å². The molecule has 1 amide bonds. The van der Waals surface area contributed by atoms with Crippen LogP contribution in [0.4, 0.5) is 0 Å². The number of amides is 1. The summed E-state index contributed by atoms with van der Waals surface area (Å²) in [5, 5.41) is 6.73. The molecular formula is C15H21ClN2O3. The zero-order valence-corrected chi connectivity index (χ0v) is 12.9. The molecular weight excluding hydrogens is 292 g/mol. The largest absolute Gasteiger partial charge is 0.492 e. The summed E-state index contributed by atoms with van der Waals surface area (Å²) in [6.07, 6.45) is 1.37. The van der Waals surface area contributed by atoms with Gasteiger partial charge in [0.25, 0.3) is 5.91 Å². The zero-order valence-electron chi connectivity index (χ0n) is 12.2. The lowest BCUT2D eigenvalue weighted by Crippen LogP contribution is -2.54. The molecule has 116 valence electrons. The molecule has 5 nitrogen and oxygen atoms in total. The van der Waals surface area contributed by atoms with E-state index in [1.807, 2.05) is 12.1 Å². The van der Waals surface area contributed by atoms with E-state index in [2.05, 4.69) is 10.6 Å². The second-order valence-corrected chi connectivity index (χ2v) is 5.45. The molecule has 1 aliphatic rings. The fourth-order valence-electron chi connectivity index (χ4n) is 2.41. The predicted molar refractivity (Wildman–Crippen MR) is 81.8 cm³/mol. The van der Waals surface area contributed by atoms with Crippen molar-refractivity contribution in [3.8, 4) is 5.75 Å². The number of hydrogen-bond donors (Lipinski definition) is 2. The Kier molecular flexibility index (Phi) is 5.85. The predicted octanol–water partition coefficient (Wildman–Crippen LogP) is 1.60. The summed E-state index contributed by atoms with van der Waals surface area (Å²) in [4.78, 5) is 12.3. The minimum atomic E-state index is -0.707. The number of benzene rings is 1. The van der Waals surface area contributed by atoms with Crippen LogP contribution in [0.15, 0.2) is 24.3 Å². The number of carbonyl (C=O) groups excluding carboxylic acids is 1. The summed E-state index contributed by atoms with van der Waals surface area (Å²) in [5.74, 6) is 0.626. The second kappa shape index (κ2) is 7.64. The molecule has 0 aliphatic carbocycles. The molecule has 1 fully saturated rings. The van der Waals surface area contributed by atoms with E-state index in [0.717, 1.165) is 13.1 Å². The molecule has 1 saturated heterocycles. The molecule has 1 heterocycles. The molecule has 2 N–H and O–H groups in total. The molecule has 0 unspecified atom stereocenters. The first-order chi connectivity index (χ1) is 10.2. The minimum Gasteiger partial charge on any atom is -0.492 e. The summed E-state index contributed by atoms with van der Waals surface area (Å²) < 4.78 is 11.0. The van der Waals surface area contributed by atoms with Crippen LogP contribution in [0.25, 0.3) is 0 Å². The van der Waals surface area contributed by atoms with Crippen molar-refractivity contribution in [1.82, 2.24) is 10.6 Å². The van der Waals surface area contributed by atoms with E-state index in [-0.39, 0.29) is 5.91 Å². The van der Waals surface area contributed by atoms with E-state index >= 15 is 0 Å². The molecule has 0 spiro atoms. The van der Waals surface area contributed by atoms with Crippen LogP contribution in [-0.2, 0) is 9.53 Å². The van der Waals surface area contributed by atoms with Gasteiger partial charge in [-0.05, 0) is 44.1 Å². The van der Waals surface area contributed by atoms with Crippen molar-refractivity contribution in [3.63, 3.8) is 0 Å². The number of methoxy groups -OCH3 is 1. The number of rotatable bonds is 6. The van der Waals surface area contributed by atoms with Gasteiger partial charge in [0.05, 0.1) is 6.54 Å². The van der Waals surface area contributed by atoms with E-state index in [0.29, 0.717) is 36.8 Å². The number of ether oxygens (including phenoxy) is 2. The van der Waals surface area contributed by atoms with Crippen molar-refractivity contribution < 1.29 is 14.3 Å². The Morgan fingerprint density at radius 3 is 2.86 bits per heavy atom. The molecule has 1 aliphatic heterocycles. The third-order valence-electron chi connectivity index (χ3n) is 3.67. The van der Waals surface area contributed by atoms with E-state index in [9.17, 15) is 4.79 Å². The Morgan fingerprint density at radius 1 is 1.43 bits per heavy atom. The van der Waals surface area contributed by atoms with Crippen molar-refractivity contribution >= 4 is 17.5 Å². The standard InChI is InChI=1S/C15H21ClN2O3/c1-20-15(5-7-17-8-6-15)14(19)18-9-10-21-13-4-2-3-12(16)11-13/h2-4,11,17H,5-10H2,1H3,(H,18,19). The normalized spacial score (nSPS) is 17.2. The first kappa shape index (κ1) is 16.1. The maximum atomic E-state index is 12.3. The van der Waals surface area contributed by atoms with Crippen LogP contribution in [0, 0.1) is 0 Å². The zero-order chi connectivity index (χ0) is 15.1. The van der Waals surface area contributed by atoms with Crippen LogP contribution < -0.4 is 15.4 Å². The fourth-order valence-corrected chi connectivity index (χ4v) is 2.59. The van der Waals surface area contributed by atoms with Gasteiger partial charge in [0.15, 0.2) is 0 Å². The lowest BCUT2D eigenvalue weighted by molar-refractivity contribution is -0.146. The van der Waals surface area contributed by atoms with E-state index in [1.54, 1.807) is 19.2 Å². The third-order valence-corrected chi connectivity index (χ3v) is 3.90. The minimum absolute atomic E-state index is 0.0683. The number of piperidine rings is 1. The number of halogens is 1. The van der Waals surface area contributed by atoms with Crippen molar-refractivity contribution in [2.45, 2.75) is 18.4 Å². The molecule has 1 aromatic rings. The molecule has 1 aromatic carbocycles. The smallest absolute Gasteiger partial charge is 0.252 e. The van der Waals surface area contributed by atoms with Gasteiger partial charge in [0.1, 0.15) is 18.0 Å². The number of carbonyl (C=O) groups is 1. The van der Waals surface area contributed by atoms with Crippen LogP contribution in [0.3, 0.4) is 0 Å². The van der Waals surface area contributed by atoms with Gasteiger partial charge in [0.2, 0.25) is 0 Å². The third kappa shape index (κ3) is 4.33. The summed E-state index contributed by atoms with van der Waals surface area (Å²) in [6.45, 7) is 2.41. The lowest BCUT2D eigenvalue weighted by Gasteiger charge is -2.34. The Balaban J connectivity index is 1.76. The molecule has 0 atom stereocenters. The Bertz CT molecular complexity index is 476. The maximum absolute atomic E-state index is 12.3. The van der Waals surface area contributed by atoms with Gasteiger partial charge in [-0.25, -0.2) is 0 Å². The molecule has 2 rings (SSSR count). The highest BCUT2D eigenvalue weighted by Gasteiger charge is 2.39. The average Bonchev–Trinajstić information content (AvgIpc) is 2.52. The van der Waals surface area contributed by atoms with Crippen LogP contribution in [0.1, 0.15) is 12.8 Å². The Morgan fingerprint density at radius 2 is 2.19 bits per heavy atom. The highest BCUT2D eigenvalue weighted by Crippen LogP contribution is 2.22. The summed E-state index contributed by atoms with van der Waals surface area (Å²) in [7, 11) is 1.59. The first-order valence-electron chi connectivity index (χ1n) is 7.09. The number of hydrogen-bond acceptors (Lipinski definition) is 4. The average molecular weight is 313 g/mol. The second-order valence-electron chi connectivity index (χ2n) is 5.01. The van der Waals surface area contributed by atoms with Crippen LogP contribution in [0.2, 0.25) is 5.02 Å². The lowest BCUT2D eigenvalue weighted by atomic mass is 9.91. The van der Waals surface area contributed by atoms with E-state index in [4.69, 9.17) is 21.1 Å². The maximum Gasteiger partial charge on any atom is 0.252 e. The van der Waals surface area contributed by atoms with Crippen LogP contribution >= 0.6 is 11.6 Å². The SMILES string of the molecule is COC1(C(=O)NCCOc2cccc(Cl)c2)CCNCC1. The summed E-state index contributed by atoms with van der Waals surface area (Å²) in [6, 6.07) is 7.19. The molecule has 21 heavy (non-hydrogen) atoms. The first-order valence-corrected chi connectivity index (χ1v) is 7.47. The molecule has 0 aromatic heterocycles.